The third-order valence-corrected chi connectivity index (χ3v) is 1.04. The summed E-state index contributed by atoms with van der Waals surface area (Å²) in [6.45, 7) is 3.89. The van der Waals surface area contributed by atoms with Gasteiger partial charge in [0.2, 0.25) is 0 Å². The topological polar surface area (TPSA) is 63.3 Å². The molecule has 0 amide bonds. The zero-order valence-corrected chi connectivity index (χ0v) is 5.79. The first-order chi connectivity index (χ1) is 4.04. The molecule has 54 valence electrons. The first kappa shape index (κ1) is 8.43. The van der Waals surface area contributed by atoms with E-state index in [0.717, 1.165) is 0 Å². The summed E-state index contributed by atoms with van der Waals surface area (Å²) < 4.78 is 0. The van der Waals surface area contributed by atoms with Crippen molar-refractivity contribution < 1.29 is 9.90 Å². The van der Waals surface area contributed by atoms with E-state index < -0.39 is 12.0 Å². The van der Waals surface area contributed by atoms with E-state index in [1.54, 1.807) is 0 Å². The minimum atomic E-state index is -0.913. The Labute approximate surface area is 54.9 Å². The van der Waals surface area contributed by atoms with Gasteiger partial charge in [0.15, 0.2) is 0 Å². The van der Waals surface area contributed by atoms with Gasteiger partial charge < -0.3 is 10.8 Å². The second-order valence-electron chi connectivity index (χ2n) is 2.57. The summed E-state index contributed by atoms with van der Waals surface area (Å²) in [6.07, 6.45) is 0.551. The van der Waals surface area contributed by atoms with Crippen molar-refractivity contribution in [1.82, 2.24) is 0 Å². The Hall–Kier alpha value is -0.570. The lowest BCUT2D eigenvalue weighted by Gasteiger charge is -2.07. The summed E-state index contributed by atoms with van der Waals surface area (Å²) in [7, 11) is 0. The van der Waals surface area contributed by atoms with Gasteiger partial charge in [0.05, 0.1) is 0 Å². The van der Waals surface area contributed by atoms with E-state index in [2.05, 4.69) is 0 Å². The highest BCUT2D eigenvalue weighted by Gasteiger charge is 2.11. The molecule has 1 atom stereocenters. The molecule has 0 aromatic rings. The molecule has 0 unspecified atom stereocenters. The van der Waals surface area contributed by atoms with Crippen LogP contribution in [0.5, 0.6) is 0 Å². The molecule has 0 bridgehead atoms. The molecular weight excluding hydrogens is 117 g/mol. The highest BCUT2D eigenvalue weighted by molar-refractivity contribution is 5.72. The van der Waals surface area contributed by atoms with Crippen LogP contribution in [0.25, 0.3) is 0 Å². The number of hydrogen-bond acceptors (Lipinski definition) is 2. The monoisotopic (exact) mass is 130 g/mol. The zero-order valence-electron chi connectivity index (χ0n) is 5.79. The zero-order chi connectivity index (χ0) is 7.44. The fourth-order valence-electron chi connectivity index (χ4n) is 0.609. The van der Waals surface area contributed by atoms with Gasteiger partial charge in [-0.05, 0) is 12.3 Å². The van der Waals surface area contributed by atoms with E-state index >= 15 is 0 Å². The molecule has 0 aliphatic heterocycles. The van der Waals surface area contributed by atoms with Crippen LogP contribution < -0.4 is 5.73 Å². The summed E-state index contributed by atoms with van der Waals surface area (Å²) in [5.41, 5.74) is 5.22. The molecule has 0 aromatic carbocycles. The lowest BCUT2D eigenvalue weighted by atomic mass is 9.69. The van der Waals surface area contributed by atoms with Crippen LogP contribution in [0, 0.1) is 5.92 Å². The van der Waals surface area contributed by atoms with Gasteiger partial charge in [0.25, 0.3) is 0 Å². The number of carboxylic acid groups (broad SMARTS) is 1. The molecule has 0 rings (SSSR count). The standard InChI is InChI=1S/C6H13NO2/c1-4(2)3-5(7)6(8)9/h4-5H,3,7H2,1-2H3,(H,8,9)/t5-/m0/s1/i5-1. The number of hydrogen-bond donors (Lipinski definition) is 2. The SMILES string of the molecule is CC(C)C[11C@H](N)C(=O)O. The van der Waals surface area contributed by atoms with E-state index in [1.807, 2.05) is 13.8 Å². The quantitative estimate of drug-likeness (QED) is 0.582. The number of carbonyl (C=O) groups is 1. The van der Waals surface area contributed by atoms with Gasteiger partial charge in [-0.15, -0.1) is 0 Å². The van der Waals surface area contributed by atoms with Gasteiger partial charge in [0, 0.05) is 0 Å². The summed E-state index contributed by atoms with van der Waals surface area (Å²) in [6, 6.07) is -0.690. The van der Waals surface area contributed by atoms with Crippen molar-refractivity contribution in [2.45, 2.75) is 26.3 Å². The van der Waals surface area contributed by atoms with E-state index in [9.17, 15) is 4.79 Å². The smallest absolute Gasteiger partial charge is 0.320 e. The molecule has 0 aromatic heterocycles. The lowest BCUT2D eigenvalue weighted by molar-refractivity contribution is -0.138. The average molecular weight is 130 g/mol. The maximum Gasteiger partial charge on any atom is 0.320 e. The van der Waals surface area contributed by atoms with Gasteiger partial charge in [0.1, 0.15) is 6.04 Å². The maximum absolute atomic E-state index is 10.1. The third kappa shape index (κ3) is 3.97. The number of nitrogens with two attached hydrogens (primary N) is 1. The second kappa shape index (κ2) is 3.45. The Morgan fingerprint density at radius 2 is 2.11 bits per heavy atom. The Balaban J connectivity index is 3.50. The van der Waals surface area contributed by atoms with Crippen molar-refractivity contribution in [3.8, 4) is 0 Å². The molecule has 9 heavy (non-hydrogen) atoms. The molecule has 3 N–H and O–H groups in total. The molecule has 0 spiro atoms. The van der Waals surface area contributed by atoms with Crippen LogP contribution in [0.4, 0.5) is 0 Å². The molecule has 0 aliphatic carbocycles. The molecule has 0 radical (unpaired) electrons. The van der Waals surface area contributed by atoms with Crippen LogP contribution in [-0.4, -0.2) is 17.1 Å². The van der Waals surface area contributed by atoms with E-state index in [-0.39, 0.29) is 0 Å². The van der Waals surface area contributed by atoms with Crippen LogP contribution in [0.2, 0.25) is 0 Å². The average Bonchev–Trinajstić information content (AvgIpc) is 1.63. The third-order valence-electron chi connectivity index (χ3n) is 1.04. The van der Waals surface area contributed by atoms with Gasteiger partial charge in [-0.3, -0.25) is 4.79 Å². The first-order valence-corrected chi connectivity index (χ1v) is 3.02. The fraction of sp³-hybridized carbons (Fsp3) is 0.833. The Morgan fingerprint density at radius 1 is 1.67 bits per heavy atom. The van der Waals surface area contributed by atoms with Crippen molar-refractivity contribution in [2.24, 2.45) is 11.7 Å². The normalized spacial score (nSPS) is 13.8. The van der Waals surface area contributed by atoms with Crippen molar-refractivity contribution in [2.75, 3.05) is 0 Å². The van der Waals surface area contributed by atoms with Crippen LogP contribution in [-0.2, 0) is 4.79 Å². The molecule has 0 saturated carbocycles. The maximum atomic E-state index is 10.1. The highest BCUT2D eigenvalue weighted by atomic mass is 16.4. The summed E-state index contributed by atoms with van der Waals surface area (Å²) in [5, 5.41) is 8.31. The fourth-order valence-corrected chi connectivity index (χ4v) is 0.609. The summed E-state index contributed by atoms with van der Waals surface area (Å²) in [5.74, 6) is -0.556. The predicted octanol–water partition coefficient (Wildman–Crippen LogP) is 0.444. The largest absolute Gasteiger partial charge is 0.480 e. The van der Waals surface area contributed by atoms with E-state index in [4.69, 9.17) is 10.8 Å². The molecule has 0 saturated heterocycles. The molecule has 0 fully saturated rings. The van der Waals surface area contributed by atoms with Crippen molar-refractivity contribution in [1.29, 1.82) is 0 Å². The van der Waals surface area contributed by atoms with Crippen molar-refractivity contribution in [3.63, 3.8) is 0 Å². The molecule has 3 heteroatoms. The Morgan fingerprint density at radius 3 is 2.22 bits per heavy atom. The Kier molecular flexibility index (Phi) is 3.24. The van der Waals surface area contributed by atoms with Gasteiger partial charge in [-0.25, -0.2) is 0 Å². The number of carboxylic acids is 1. The molecule has 0 aliphatic rings. The molecule has 3 nitrogen and oxygen atoms in total. The van der Waals surface area contributed by atoms with Gasteiger partial charge in [-0.2, -0.15) is 0 Å². The van der Waals surface area contributed by atoms with Crippen LogP contribution in [0.15, 0.2) is 0 Å². The minimum Gasteiger partial charge on any atom is -0.480 e. The van der Waals surface area contributed by atoms with Crippen LogP contribution in [0.3, 0.4) is 0 Å². The summed E-state index contributed by atoms with van der Waals surface area (Å²) >= 11 is 0. The predicted molar refractivity (Wildman–Crippen MR) is 35.1 cm³/mol. The van der Waals surface area contributed by atoms with E-state index in [1.165, 1.54) is 0 Å². The Bertz CT molecular complexity index is 101. The molecule has 0 heterocycles. The van der Waals surface area contributed by atoms with Gasteiger partial charge >= 0.3 is 5.97 Å². The first-order valence-electron chi connectivity index (χ1n) is 3.02. The lowest BCUT2D eigenvalue weighted by Crippen LogP contribution is -2.31. The highest BCUT2D eigenvalue weighted by Crippen LogP contribution is 2.01. The second-order valence-corrected chi connectivity index (χ2v) is 2.57. The van der Waals surface area contributed by atoms with Crippen molar-refractivity contribution >= 4 is 5.97 Å². The summed E-state index contributed by atoms with van der Waals surface area (Å²) in [4.78, 5) is 10.1. The minimum absolute atomic E-state index is 0.357. The molecular formula is C6H13NO2. The van der Waals surface area contributed by atoms with E-state index in [0.29, 0.717) is 12.3 Å². The van der Waals surface area contributed by atoms with Crippen molar-refractivity contribution in [3.05, 3.63) is 0 Å². The van der Waals surface area contributed by atoms with Crippen LogP contribution in [0.1, 0.15) is 20.3 Å². The van der Waals surface area contributed by atoms with Gasteiger partial charge in [-0.1, -0.05) is 13.8 Å². The number of aliphatic carboxylic acids is 1. The van der Waals surface area contributed by atoms with Crippen LogP contribution >= 0.6 is 0 Å². The number of rotatable bonds is 3.